The maximum Gasteiger partial charge on any atom is 0.239 e. The van der Waals surface area contributed by atoms with E-state index in [4.69, 9.17) is 0 Å². The van der Waals surface area contributed by atoms with Crippen molar-refractivity contribution in [2.24, 2.45) is 5.92 Å². The average molecular weight is 295 g/mol. The predicted octanol–water partition coefficient (Wildman–Crippen LogP) is 2.14. The quantitative estimate of drug-likeness (QED) is 0.789. The SMILES string of the molecule is CCN(CC)C(=O)C(C)NC1CCCC1C1CCCCN1. The minimum Gasteiger partial charge on any atom is -0.342 e. The minimum atomic E-state index is -0.0564. The van der Waals surface area contributed by atoms with E-state index in [0.29, 0.717) is 18.0 Å². The molecule has 2 aliphatic rings. The molecule has 1 amide bonds. The number of hydrogen-bond acceptors (Lipinski definition) is 3. The van der Waals surface area contributed by atoms with Gasteiger partial charge in [0.25, 0.3) is 0 Å². The number of likely N-dealkylation sites (N-methyl/N-ethyl adjacent to an activating group) is 1. The maximum atomic E-state index is 12.4. The summed E-state index contributed by atoms with van der Waals surface area (Å²) < 4.78 is 0. The molecule has 21 heavy (non-hydrogen) atoms. The molecule has 4 heteroatoms. The van der Waals surface area contributed by atoms with Crippen molar-refractivity contribution in [3.8, 4) is 0 Å². The first-order valence-corrected chi connectivity index (χ1v) is 8.95. The molecule has 0 bridgehead atoms. The Kier molecular flexibility index (Phi) is 6.49. The summed E-state index contributed by atoms with van der Waals surface area (Å²) in [6, 6.07) is 1.11. The summed E-state index contributed by atoms with van der Waals surface area (Å²) in [5.41, 5.74) is 0. The molecule has 0 aromatic heterocycles. The van der Waals surface area contributed by atoms with Gasteiger partial charge in [0, 0.05) is 25.2 Å². The van der Waals surface area contributed by atoms with E-state index in [2.05, 4.69) is 24.5 Å². The Bertz CT molecular complexity index is 324. The van der Waals surface area contributed by atoms with Gasteiger partial charge in [-0.25, -0.2) is 0 Å². The second-order valence-corrected chi connectivity index (χ2v) is 6.66. The standard InChI is InChI=1S/C17H33N3O/c1-4-20(5-2)17(21)13(3)19-16-11-8-9-14(16)15-10-6-7-12-18-15/h13-16,18-19H,4-12H2,1-3H3. The third-order valence-corrected chi connectivity index (χ3v) is 5.34. The lowest BCUT2D eigenvalue weighted by molar-refractivity contribution is -0.132. The van der Waals surface area contributed by atoms with Crippen LogP contribution in [0.4, 0.5) is 0 Å². The zero-order valence-corrected chi connectivity index (χ0v) is 14.0. The van der Waals surface area contributed by atoms with Crippen LogP contribution in [0, 0.1) is 5.92 Å². The van der Waals surface area contributed by atoms with Crippen LogP contribution in [0.3, 0.4) is 0 Å². The highest BCUT2D eigenvalue weighted by molar-refractivity contribution is 5.81. The summed E-state index contributed by atoms with van der Waals surface area (Å²) in [7, 11) is 0. The van der Waals surface area contributed by atoms with E-state index in [9.17, 15) is 4.79 Å². The molecule has 1 saturated heterocycles. The Balaban J connectivity index is 1.89. The highest BCUT2D eigenvalue weighted by Gasteiger charge is 2.35. The van der Waals surface area contributed by atoms with Crippen molar-refractivity contribution in [1.29, 1.82) is 0 Å². The highest BCUT2D eigenvalue weighted by atomic mass is 16.2. The summed E-state index contributed by atoms with van der Waals surface area (Å²) in [5.74, 6) is 0.958. The van der Waals surface area contributed by atoms with E-state index >= 15 is 0 Å². The lowest BCUT2D eigenvalue weighted by Crippen LogP contribution is -2.52. The van der Waals surface area contributed by atoms with Gasteiger partial charge in [0.15, 0.2) is 0 Å². The number of nitrogens with one attached hydrogen (secondary N) is 2. The molecule has 0 aromatic carbocycles. The first-order chi connectivity index (χ1) is 10.2. The highest BCUT2D eigenvalue weighted by Crippen LogP contribution is 2.32. The molecule has 122 valence electrons. The van der Waals surface area contributed by atoms with Crippen LogP contribution in [-0.2, 0) is 4.79 Å². The molecule has 4 atom stereocenters. The van der Waals surface area contributed by atoms with Crippen LogP contribution < -0.4 is 10.6 Å². The third-order valence-electron chi connectivity index (χ3n) is 5.34. The largest absolute Gasteiger partial charge is 0.342 e. The van der Waals surface area contributed by atoms with Crippen molar-refractivity contribution < 1.29 is 4.79 Å². The van der Waals surface area contributed by atoms with Gasteiger partial charge in [-0.15, -0.1) is 0 Å². The molecule has 1 saturated carbocycles. The Morgan fingerprint density at radius 2 is 1.95 bits per heavy atom. The molecule has 4 nitrogen and oxygen atoms in total. The number of hydrogen-bond donors (Lipinski definition) is 2. The van der Waals surface area contributed by atoms with Gasteiger partial charge in [0.05, 0.1) is 6.04 Å². The lowest BCUT2D eigenvalue weighted by atomic mass is 9.88. The first-order valence-electron chi connectivity index (χ1n) is 8.95. The van der Waals surface area contributed by atoms with Crippen molar-refractivity contribution in [3.05, 3.63) is 0 Å². The third kappa shape index (κ3) is 4.19. The topological polar surface area (TPSA) is 44.4 Å². The van der Waals surface area contributed by atoms with Gasteiger partial charge in [-0.1, -0.05) is 12.8 Å². The van der Waals surface area contributed by atoms with Crippen molar-refractivity contribution >= 4 is 5.91 Å². The lowest BCUT2D eigenvalue weighted by Gasteiger charge is -2.35. The zero-order valence-electron chi connectivity index (χ0n) is 14.0. The van der Waals surface area contributed by atoms with Crippen LogP contribution in [-0.4, -0.2) is 48.6 Å². The van der Waals surface area contributed by atoms with Gasteiger partial charge < -0.3 is 15.5 Å². The second-order valence-electron chi connectivity index (χ2n) is 6.66. The van der Waals surface area contributed by atoms with Gasteiger partial charge in [-0.05, 0) is 58.9 Å². The monoisotopic (exact) mass is 295 g/mol. The summed E-state index contributed by atoms with van der Waals surface area (Å²) >= 11 is 0. The van der Waals surface area contributed by atoms with E-state index < -0.39 is 0 Å². The van der Waals surface area contributed by atoms with Crippen molar-refractivity contribution in [2.75, 3.05) is 19.6 Å². The van der Waals surface area contributed by atoms with Crippen LogP contribution in [0.25, 0.3) is 0 Å². The van der Waals surface area contributed by atoms with E-state index in [-0.39, 0.29) is 11.9 Å². The van der Waals surface area contributed by atoms with Crippen LogP contribution in [0.2, 0.25) is 0 Å². The number of nitrogens with zero attached hydrogens (tertiary/aromatic N) is 1. The smallest absolute Gasteiger partial charge is 0.239 e. The summed E-state index contributed by atoms with van der Waals surface area (Å²) in [6.45, 7) is 8.92. The number of carbonyl (C=O) groups is 1. The molecule has 2 rings (SSSR count). The molecule has 0 radical (unpaired) electrons. The Morgan fingerprint density at radius 1 is 1.19 bits per heavy atom. The summed E-state index contributed by atoms with van der Waals surface area (Å²) in [6.07, 6.45) is 7.81. The molecular weight excluding hydrogens is 262 g/mol. The Morgan fingerprint density at radius 3 is 2.57 bits per heavy atom. The summed E-state index contributed by atoms with van der Waals surface area (Å²) in [4.78, 5) is 14.4. The normalized spacial score (nSPS) is 31.1. The van der Waals surface area contributed by atoms with E-state index in [1.165, 1.54) is 45.1 Å². The molecule has 0 aromatic rings. The van der Waals surface area contributed by atoms with Crippen LogP contribution in [0.1, 0.15) is 59.3 Å². The number of carbonyl (C=O) groups excluding carboxylic acids is 1. The molecule has 1 aliphatic heterocycles. The average Bonchev–Trinajstić information content (AvgIpc) is 2.97. The molecule has 1 heterocycles. The molecular formula is C17H33N3O. The minimum absolute atomic E-state index is 0.0564. The fourth-order valence-corrected chi connectivity index (χ4v) is 4.12. The van der Waals surface area contributed by atoms with Gasteiger partial charge in [-0.2, -0.15) is 0 Å². The fraction of sp³-hybridized carbons (Fsp3) is 0.941. The molecule has 2 N–H and O–H groups in total. The second kappa shape index (κ2) is 8.14. The van der Waals surface area contributed by atoms with E-state index in [0.717, 1.165) is 13.1 Å². The number of rotatable bonds is 6. The van der Waals surface area contributed by atoms with Crippen molar-refractivity contribution in [3.63, 3.8) is 0 Å². The maximum absolute atomic E-state index is 12.4. The Hall–Kier alpha value is -0.610. The van der Waals surface area contributed by atoms with E-state index in [1.54, 1.807) is 0 Å². The van der Waals surface area contributed by atoms with Gasteiger partial charge in [0.2, 0.25) is 5.91 Å². The van der Waals surface area contributed by atoms with Crippen LogP contribution in [0.15, 0.2) is 0 Å². The van der Waals surface area contributed by atoms with Gasteiger partial charge in [0.1, 0.15) is 0 Å². The van der Waals surface area contributed by atoms with Crippen LogP contribution in [0.5, 0.6) is 0 Å². The molecule has 2 fully saturated rings. The Labute approximate surface area is 130 Å². The van der Waals surface area contributed by atoms with Gasteiger partial charge >= 0.3 is 0 Å². The van der Waals surface area contributed by atoms with Crippen LogP contribution >= 0.6 is 0 Å². The molecule has 4 unspecified atom stereocenters. The number of piperidine rings is 1. The molecule has 1 aliphatic carbocycles. The number of amides is 1. The predicted molar refractivity (Wildman–Crippen MR) is 87.3 cm³/mol. The van der Waals surface area contributed by atoms with E-state index in [1.807, 2.05) is 11.8 Å². The van der Waals surface area contributed by atoms with Crippen molar-refractivity contribution in [2.45, 2.75) is 77.4 Å². The zero-order chi connectivity index (χ0) is 15.2. The fourth-order valence-electron chi connectivity index (χ4n) is 4.12. The van der Waals surface area contributed by atoms with Gasteiger partial charge in [-0.3, -0.25) is 4.79 Å². The first kappa shape index (κ1) is 16.8. The van der Waals surface area contributed by atoms with Crippen molar-refractivity contribution in [1.82, 2.24) is 15.5 Å². The molecule has 0 spiro atoms. The summed E-state index contributed by atoms with van der Waals surface area (Å²) in [5, 5.41) is 7.35.